The SMILES string of the molecule is CN1CCN(CCCN2CCN(C)C2)C1. The first-order chi connectivity index (χ1) is 7.24. The largest absolute Gasteiger partial charge is 0.292 e. The molecule has 0 atom stereocenters. The summed E-state index contributed by atoms with van der Waals surface area (Å²) in [4.78, 5) is 9.90. The summed E-state index contributed by atoms with van der Waals surface area (Å²) in [6.45, 7) is 9.88. The lowest BCUT2D eigenvalue weighted by Gasteiger charge is -2.19. The Hall–Kier alpha value is -0.160. The van der Waals surface area contributed by atoms with Gasteiger partial charge in [-0.25, -0.2) is 0 Å². The predicted octanol–water partition coefficient (Wildman–Crippen LogP) is -0.214. The molecule has 4 nitrogen and oxygen atoms in total. The molecule has 0 spiro atoms. The Morgan fingerprint density at radius 3 is 1.53 bits per heavy atom. The molecule has 88 valence electrons. The molecule has 15 heavy (non-hydrogen) atoms. The van der Waals surface area contributed by atoms with E-state index in [1.54, 1.807) is 0 Å². The number of rotatable bonds is 4. The maximum absolute atomic E-state index is 2.56. The van der Waals surface area contributed by atoms with Crippen LogP contribution in [0.5, 0.6) is 0 Å². The Balaban J connectivity index is 1.55. The summed E-state index contributed by atoms with van der Waals surface area (Å²) in [5.74, 6) is 0. The molecule has 0 saturated carbocycles. The van der Waals surface area contributed by atoms with Crippen molar-refractivity contribution in [2.45, 2.75) is 6.42 Å². The summed E-state index contributed by atoms with van der Waals surface area (Å²) in [5, 5.41) is 0. The van der Waals surface area contributed by atoms with Gasteiger partial charge in [-0.15, -0.1) is 0 Å². The monoisotopic (exact) mass is 212 g/mol. The lowest BCUT2D eigenvalue weighted by molar-refractivity contribution is 0.234. The highest BCUT2D eigenvalue weighted by atomic mass is 15.4. The van der Waals surface area contributed by atoms with Gasteiger partial charge in [-0.05, 0) is 20.5 Å². The lowest BCUT2D eigenvalue weighted by Crippen LogP contribution is -2.29. The topological polar surface area (TPSA) is 13.0 Å². The summed E-state index contributed by atoms with van der Waals surface area (Å²) in [6.07, 6.45) is 1.32. The minimum absolute atomic E-state index is 1.17. The van der Waals surface area contributed by atoms with Crippen molar-refractivity contribution in [2.75, 3.05) is 66.7 Å². The van der Waals surface area contributed by atoms with E-state index in [1.807, 2.05) is 0 Å². The Bertz CT molecular complexity index is 177. The van der Waals surface area contributed by atoms with E-state index in [4.69, 9.17) is 0 Å². The maximum atomic E-state index is 2.56. The molecule has 0 amide bonds. The van der Waals surface area contributed by atoms with E-state index >= 15 is 0 Å². The van der Waals surface area contributed by atoms with Gasteiger partial charge in [0.15, 0.2) is 0 Å². The second kappa shape index (κ2) is 5.25. The normalized spacial score (nSPS) is 26.8. The molecular weight excluding hydrogens is 188 g/mol. The summed E-state index contributed by atoms with van der Waals surface area (Å²) in [7, 11) is 4.41. The van der Waals surface area contributed by atoms with Crippen LogP contribution in [0.4, 0.5) is 0 Å². The van der Waals surface area contributed by atoms with Crippen molar-refractivity contribution in [3.05, 3.63) is 0 Å². The fourth-order valence-corrected chi connectivity index (χ4v) is 2.47. The first-order valence-electron chi connectivity index (χ1n) is 6.06. The van der Waals surface area contributed by atoms with Crippen molar-refractivity contribution in [3.63, 3.8) is 0 Å². The molecule has 0 N–H and O–H groups in total. The van der Waals surface area contributed by atoms with E-state index in [9.17, 15) is 0 Å². The van der Waals surface area contributed by atoms with Crippen LogP contribution in [0.1, 0.15) is 6.42 Å². The number of hydrogen-bond acceptors (Lipinski definition) is 4. The fourth-order valence-electron chi connectivity index (χ4n) is 2.47. The van der Waals surface area contributed by atoms with Gasteiger partial charge in [-0.3, -0.25) is 19.6 Å². The molecule has 2 aliphatic heterocycles. The van der Waals surface area contributed by atoms with E-state index in [0.29, 0.717) is 0 Å². The van der Waals surface area contributed by atoms with E-state index in [-0.39, 0.29) is 0 Å². The summed E-state index contributed by atoms with van der Waals surface area (Å²) >= 11 is 0. The van der Waals surface area contributed by atoms with Gasteiger partial charge in [0.2, 0.25) is 0 Å². The van der Waals surface area contributed by atoms with Gasteiger partial charge < -0.3 is 0 Å². The Kier molecular flexibility index (Phi) is 3.97. The average Bonchev–Trinajstić information content (AvgIpc) is 2.76. The first-order valence-corrected chi connectivity index (χ1v) is 6.06. The number of likely N-dealkylation sites (N-methyl/N-ethyl adjacent to an activating group) is 2. The molecule has 0 bridgehead atoms. The van der Waals surface area contributed by atoms with Crippen LogP contribution >= 0.6 is 0 Å². The van der Waals surface area contributed by atoms with Gasteiger partial charge in [-0.2, -0.15) is 0 Å². The van der Waals surface area contributed by atoms with Crippen molar-refractivity contribution in [3.8, 4) is 0 Å². The molecule has 0 radical (unpaired) electrons. The molecule has 2 heterocycles. The Morgan fingerprint density at radius 1 is 0.733 bits per heavy atom. The highest BCUT2D eigenvalue weighted by molar-refractivity contribution is 4.71. The zero-order chi connectivity index (χ0) is 10.7. The second-order valence-corrected chi connectivity index (χ2v) is 5.03. The minimum atomic E-state index is 1.17. The van der Waals surface area contributed by atoms with E-state index in [2.05, 4.69) is 33.7 Å². The van der Waals surface area contributed by atoms with Crippen molar-refractivity contribution >= 4 is 0 Å². The highest BCUT2D eigenvalue weighted by Crippen LogP contribution is 2.05. The smallest absolute Gasteiger partial charge is 0.0504 e. The Morgan fingerprint density at radius 2 is 1.20 bits per heavy atom. The van der Waals surface area contributed by atoms with Gasteiger partial charge in [-0.1, -0.05) is 0 Å². The lowest BCUT2D eigenvalue weighted by atomic mass is 10.3. The highest BCUT2D eigenvalue weighted by Gasteiger charge is 2.18. The van der Waals surface area contributed by atoms with Gasteiger partial charge in [0, 0.05) is 39.3 Å². The van der Waals surface area contributed by atoms with Gasteiger partial charge in [0.25, 0.3) is 0 Å². The van der Waals surface area contributed by atoms with E-state index in [1.165, 1.54) is 59.0 Å². The van der Waals surface area contributed by atoms with Gasteiger partial charge in [0.05, 0.1) is 13.3 Å². The van der Waals surface area contributed by atoms with E-state index in [0.717, 1.165) is 0 Å². The van der Waals surface area contributed by atoms with E-state index < -0.39 is 0 Å². The molecule has 2 saturated heterocycles. The van der Waals surface area contributed by atoms with Crippen molar-refractivity contribution in [2.24, 2.45) is 0 Å². The molecule has 4 heteroatoms. The zero-order valence-electron chi connectivity index (χ0n) is 10.2. The zero-order valence-corrected chi connectivity index (χ0v) is 10.2. The van der Waals surface area contributed by atoms with Crippen molar-refractivity contribution in [1.82, 2.24) is 19.6 Å². The van der Waals surface area contributed by atoms with Crippen LogP contribution in [0, 0.1) is 0 Å². The van der Waals surface area contributed by atoms with Crippen LogP contribution in [0.25, 0.3) is 0 Å². The van der Waals surface area contributed by atoms with Crippen LogP contribution in [0.3, 0.4) is 0 Å². The molecule has 2 rings (SSSR count). The van der Waals surface area contributed by atoms with Crippen LogP contribution < -0.4 is 0 Å². The predicted molar refractivity (Wildman–Crippen MR) is 62.8 cm³/mol. The maximum Gasteiger partial charge on any atom is 0.0504 e. The fraction of sp³-hybridized carbons (Fsp3) is 1.00. The molecule has 2 aliphatic rings. The Labute approximate surface area is 93.4 Å². The minimum Gasteiger partial charge on any atom is -0.292 e. The van der Waals surface area contributed by atoms with Gasteiger partial charge in [0.1, 0.15) is 0 Å². The summed E-state index contributed by atoms with van der Waals surface area (Å²) < 4.78 is 0. The second-order valence-electron chi connectivity index (χ2n) is 5.03. The summed E-state index contributed by atoms with van der Waals surface area (Å²) in [5.41, 5.74) is 0. The third kappa shape index (κ3) is 3.41. The van der Waals surface area contributed by atoms with Crippen LogP contribution in [-0.4, -0.2) is 86.3 Å². The molecule has 0 unspecified atom stereocenters. The average molecular weight is 212 g/mol. The first kappa shape index (κ1) is 11.3. The van der Waals surface area contributed by atoms with Crippen molar-refractivity contribution < 1.29 is 0 Å². The number of hydrogen-bond donors (Lipinski definition) is 0. The summed E-state index contributed by atoms with van der Waals surface area (Å²) in [6, 6.07) is 0. The molecular formula is C11H24N4. The van der Waals surface area contributed by atoms with Gasteiger partial charge >= 0.3 is 0 Å². The molecule has 2 fully saturated rings. The van der Waals surface area contributed by atoms with Crippen LogP contribution in [0.2, 0.25) is 0 Å². The third-order valence-electron chi connectivity index (χ3n) is 3.43. The third-order valence-corrected chi connectivity index (χ3v) is 3.43. The van der Waals surface area contributed by atoms with Crippen LogP contribution in [0.15, 0.2) is 0 Å². The molecule has 0 aromatic carbocycles. The molecule has 0 aromatic rings. The van der Waals surface area contributed by atoms with Crippen molar-refractivity contribution in [1.29, 1.82) is 0 Å². The standard InChI is InChI=1S/C11H24N4/c1-12-6-8-14(10-12)4-3-5-15-9-7-13(2)11-15/h3-11H2,1-2H3. The van der Waals surface area contributed by atoms with Crippen LogP contribution in [-0.2, 0) is 0 Å². The number of nitrogens with zero attached hydrogens (tertiary/aromatic N) is 4. The molecule has 0 aliphatic carbocycles. The quantitative estimate of drug-likeness (QED) is 0.639. The molecule has 0 aromatic heterocycles.